The highest BCUT2D eigenvalue weighted by Gasteiger charge is 2.18. The highest BCUT2D eigenvalue weighted by atomic mass is 79.9. The van der Waals surface area contributed by atoms with Gasteiger partial charge in [0.05, 0.1) is 5.69 Å². The smallest absolute Gasteiger partial charge is 0.271 e. The van der Waals surface area contributed by atoms with E-state index in [9.17, 15) is 8.42 Å². The van der Waals surface area contributed by atoms with Crippen LogP contribution in [0.3, 0.4) is 0 Å². The van der Waals surface area contributed by atoms with Gasteiger partial charge in [0.1, 0.15) is 4.21 Å². The van der Waals surface area contributed by atoms with Gasteiger partial charge in [0.25, 0.3) is 10.0 Å². The predicted molar refractivity (Wildman–Crippen MR) is 91.6 cm³/mol. The van der Waals surface area contributed by atoms with Crippen LogP contribution in [-0.2, 0) is 16.4 Å². The van der Waals surface area contributed by atoms with E-state index in [0.29, 0.717) is 9.90 Å². The van der Waals surface area contributed by atoms with E-state index in [1.807, 2.05) is 32.2 Å². The number of thiophene rings is 1. The number of sulfonamides is 1. The third-order valence-electron chi connectivity index (χ3n) is 3.04. The van der Waals surface area contributed by atoms with Crippen LogP contribution in [0.1, 0.15) is 10.4 Å². The van der Waals surface area contributed by atoms with Crippen LogP contribution in [-0.4, -0.2) is 22.0 Å². The van der Waals surface area contributed by atoms with E-state index < -0.39 is 10.0 Å². The van der Waals surface area contributed by atoms with Gasteiger partial charge >= 0.3 is 0 Å². The molecular formula is C14H17BrN2O2S2. The Hall–Kier alpha value is -0.890. The fourth-order valence-electron chi connectivity index (χ4n) is 1.80. The average Bonchev–Trinajstić information content (AvgIpc) is 2.91. The van der Waals surface area contributed by atoms with Gasteiger partial charge in [-0.25, -0.2) is 8.42 Å². The molecule has 114 valence electrons. The molecule has 0 radical (unpaired) electrons. The van der Waals surface area contributed by atoms with Gasteiger partial charge in [0, 0.05) is 9.35 Å². The molecule has 0 saturated carbocycles. The van der Waals surface area contributed by atoms with E-state index in [4.69, 9.17) is 0 Å². The summed E-state index contributed by atoms with van der Waals surface area (Å²) in [7, 11) is -1.65. The third kappa shape index (κ3) is 4.06. The van der Waals surface area contributed by atoms with Crippen LogP contribution in [0, 0.1) is 6.92 Å². The zero-order valence-electron chi connectivity index (χ0n) is 11.8. The van der Waals surface area contributed by atoms with Crippen molar-refractivity contribution in [2.24, 2.45) is 0 Å². The minimum atomic E-state index is -3.53. The Bertz CT molecular complexity index is 726. The fourth-order valence-corrected chi connectivity index (χ4v) is 4.64. The van der Waals surface area contributed by atoms with Crippen molar-refractivity contribution in [1.29, 1.82) is 0 Å². The molecule has 0 unspecified atom stereocenters. The van der Waals surface area contributed by atoms with Gasteiger partial charge in [-0.05, 0) is 56.8 Å². The van der Waals surface area contributed by atoms with Crippen molar-refractivity contribution in [3.05, 3.63) is 45.2 Å². The molecule has 0 aliphatic heterocycles. The third-order valence-corrected chi connectivity index (χ3v) is 6.90. The minimum Gasteiger partial charge on any atom is -0.319 e. The van der Waals surface area contributed by atoms with Crippen molar-refractivity contribution in [2.75, 3.05) is 18.3 Å². The summed E-state index contributed by atoms with van der Waals surface area (Å²) < 4.78 is 28.7. The van der Waals surface area contributed by atoms with E-state index >= 15 is 0 Å². The summed E-state index contributed by atoms with van der Waals surface area (Å²) in [6.45, 7) is 2.70. The number of halogens is 1. The van der Waals surface area contributed by atoms with Gasteiger partial charge in [0.2, 0.25) is 0 Å². The molecule has 0 atom stereocenters. The van der Waals surface area contributed by atoms with Crippen LogP contribution in [0.5, 0.6) is 0 Å². The first kappa shape index (κ1) is 16.5. The summed E-state index contributed by atoms with van der Waals surface area (Å²) in [4.78, 5) is 1.05. The lowest BCUT2D eigenvalue weighted by atomic mass is 10.2. The topological polar surface area (TPSA) is 58.2 Å². The van der Waals surface area contributed by atoms with Crippen LogP contribution in [0.2, 0.25) is 0 Å². The van der Waals surface area contributed by atoms with Crippen molar-refractivity contribution >= 4 is 43.0 Å². The molecule has 21 heavy (non-hydrogen) atoms. The Kier molecular flexibility index (Phi) is 5.43. The van der Waals surface area contributed by atoms with Gasteiger partial charge in [-0.2, -0.15) is 0 Å². The maximum atomic E-state index is 12.4. The molecular weight excluding hydrogens is 372 g/mol. The number of anilines is 1. The summed E-state index contributed by atoms with van der Waals surface area (Å²) in [6.07, 6.45) is 0.826. The van der Waals surface area contributed by atoms with E-state index in [2.05, 4.69) is 26.0 Å². The van der Waals surface area contributed by atoms with E-state index in [1.165, 1.54) is 11.3 Å². The predicted octanol–water partition coefficient (Wildman–Crippen LogP) is 3.38. The number of nitrogens with one attached hydrogen (secondary N) is 2. The summed E-state index contributed by atoms with van der Waals surface area (Å²) >= 11 is 4.71. The molecule has 0 fully saturated rings. The molecule has 2 aromatic rings. The number of likely N-dealkylation sites (N-methyl/N-ethyl adjacent to an activating group) is 1. The highest BCUT2D eigenvalue weighted by molar-refractivity contribution is 9.10. The second-order valence-corrected chi connectivity index (χ2v) is 8.52. The fraction of sp³-hybridized carbons (Fsp3) is 0.286. The van der Waals surface area contributed by atoms with E-state index in [1.54, 1.807) is 12.1 Å². The Labute approximate surface area is 137 Å². The molecule has 1 heterocycles. The molecule has 0 bridgehead atoms. The maximum absolute atomic E-state index is 12.4. The number of rotatable bonds is 6. The molecule has 1 aromatic carbocycles. The Morgan fingerprint density at radius 1 is 1.24 bits per heavy atom. The molecule has 7 heteroatoms. The van der Waals surface area contributed by atoms with Gasteiger partial charge < -0.3 is 5.32 Å². The quantitative estimate of drug-likeness (QED) is 0.797. The average molecular weight is 389 g/mol. The lowest BCUT2D eigenvalue weighted by Gasteiger charge is -2.10. The van der Waals surface area contributed by atoms with Crippen LogP contribution >= 0.6 is 27.3 Å². The lowest BCUT2D eigenvalue weighted by Crippen LogP contribution is -2.12. The number of benzene rings is 1. The normalized spacial score (nSPS) is 11.6. The monoisotopic (exact) mass is 388 g/mol. The first-order chi connectivity index (χ1) is 9.94. The maximum Gasteiger partial charge on any atom is 0.271 e. The summed E-state index contributed by atoms with van der Waals surface area (Å²) in [5.74, 6) is 0. The van der Waals surface area contributed by atoms with Crippen molar-refractivity contribution in [2.45, 2.75) is 17.6 Å². The summed E-state index contributed by atoms with van der Waals surface area (Å²) in [5, 5.41) is 3.05. The zero-order chi connectivity index (χ0) is 15.5. The molecule has 2 rings (SSSR count). The van der Waals surface area contributed by atoms with Gasteiger partial charge in [-0.1, -0.05) is 22.0 Å². The van der Waals surface area contributed by atoms with Gasteiger partial charge in [0.15, 0.2) is 0 Å². The van der Waals surface area contributed by atoms with E-state index in [0.717, 1.165) is 27.9 Å². The summed E-state index contributed by atoms with van der Waals surface area (Å²) in [6, 6.07) is 8.97. The molecule has 0 amide bonds. The molecule has 1 aromatic heterocycles. The van der Waals surface area contributed by atoms with Crippen LogP contribution < -0.4 is 10.0 Å². The highest BCUT2D eigenvalue weighted by Crippen LogP contribution is 2.28. The Morgan fingerprint density at radius 2 is 2.00 bits per heavy atom. The standard InChI is InChI=1S/C14H17BrN2O2S2/c1-10-12(15)4-3-5-13(10)17-21(18,19)14-7-6-11(20-14)8-9-16-2/h3-7,16-17H,8-9H2,1-2H3. The molecule has 0 saturated heterocycles. The SMILES string of the molecule is CNCCc1ccc(S(=O)(=O)Nc2cccc(Br)c2C)s1. The second kappa shape index (κ2) is 6.91. The van der Waals surface area contributed by atoms with Crippen LogP contribution in [0.25, 0.3) is 0 Å². The molecule has 0 spiro atoms. The van der Waals surface area contributed by atoms with Crippen molar-refractivity contribution in [3.8, 4) is 0 Å². The molecule has 4 nitrogen and oxygen atoms in total. The molecule has 0 aliphatic rings. The van der Waals surface area contributed by atoms with Crippen molar-refractivity contribution in [1.82, 2.24) is 5.32 Å². The Balaban J connectivity index is 2.22. The molecule has 0 aliphatic carbocycles. The van der Waals surface area contributed by atoms with Gasteiger partial charge in [-0.3, -0.25) is 4.72 Å². The van der Waals surface area contributed by atoms with E-state index in [-0.39, 0.29) is 0 Å². The molecule has 2 N–H and O–H groups in total. The summed E-state index contributed by atoms with van der Waals surface area (Å²) in [5.41, 5.74) is 1.46. The van der Waals surface area contributed by atoms with Crippen molar-refractivity contribution < 1.29 is 8.42 Å². The van der Waals surface area contributed by atoms with Gasteiger partial charge in [-0.15, -0.1) is 11.3 Å². The zero-order valence-corrected chi connectivity index (χ0v) is 15.0. The first-order valence-electron chi connectivity index (χ1n) is 6.45. The number of hydrogen-bond donors (Lipinski definition) is 2. The lowest BCUT2D eigenvalue weighted by molar-refractivity contribution is 0.603. The van der Waals surface area contributed by atoms with Crippen LogP contribution in [0.4, 0.5) is 5.69 Å². The first-order valence-corrected chi connectivity index (χ1v) is 9.54. The minimum absolute atomic E-state index is 0.341. The number of hydrogen-bond acceptors (Lipinski definition) is 4. The van der Waals surface area contributed by atoms with Crippen molar-refractivity contribution in [3.63, 3.8) is 0 Å². The van der Waals surface area contributed by atoms with Crippen LogP contribution in [0.15, 0.2) is 39.0 Å². The largest absolute Gasteiger partial charge is 0.319 e. The Morgan fingerprint density at radius 3 is 2.71 bits per heavy atom. The second-order valence-electron chi connectivity index (χ2n) is 4.59.